The van der Waals surface area contributed by atoms with Crippen LogP contribution in [0.5, 0.6) is 5.75 Å². The number of benzene rings is 2. The Hall–Kier alpha value is -1.09. The first kappa shape index (κ1) is 15.0. The number of carbonyl (C=O) groups excluding carboxylic acids is 1. The van der Waals surface area contributed by atoms with Crippen molar-refractivity contribution in [3.05, 3.63) is 65.7 Å². The Balaban J connectivity index is 0.00000162. The first-order valence-electron chi connectivity index (χ1n) is 5.60. The van der Waals surface area contributed by atoms with E-state index in [0.29, 0.717) is 18.4 Å². The summed E-state index contributed by atoms with van der Waals surface area (Å²) in [6, 6.07) is 16.2. The summed E-state index contributed by atoms with van der Waals surface area (Å²) in [6.07, 6.45) is 1.05. The van der Waals surface area contributed by atoms with Gasteiger partial charge in [0.1, 0.15) is 0 Å². The van der Waals surface area contributed by atoms with Crippen LogP contribution in [0.4, 0.5) is 0 Å². The van der Waals surface area contributed by atoms with E-state index in [0.717, 1.165) is 5.56 Å². The number of para-hydroxylation sites is 1. The molecule has 2 aromatic carbocycles. The fourth-order valence-electron chi connectivity index (χ4n) is 1.73. The average Bonchev–Trinajstić information content (AvgIpc) is 2.38. The number of hydrogen-bond acceptors (Lipinski definition) is 2. The quantitative estimate of drug-likeness (QED) is 0.544. The number of Topliss-reactive ketones (excluding diaryl/α,β-unsaturated/α-hetero) is 1. The molecule has 2 aromatic rings. The maximum atomic E-state index is 11.8. The normalized spacial score (nSPS) is 9.56. The van der Waals surface area contributed by atoms with E-state index in [1.54, 1.807) is 18.2 Å². The molecule has 0 aromatic heterocycles. The first-order chi connectivity index (χ1) is 8.27. The number of carbonyl (C=O) groups is 1. The Kier molecular flexibility index (Phi) is 6.13. The predicted octanol–water partition coefficient (Wildman–Crippen LogP) is -0.420. The minimum atomic E-state index is -0.189. The van der Waals surface area contributed by atoms with E-state index in [1.165, 1.54) is 6.07 Å². The van der Waals surface area contributed by atoms with Crippen molar-refractivity contribution in [2.24, 2.45) is 0 Å². The minimum absolute atomic E-state index is 0. The zero-order chi connectivity index (χ0) is 12.1. The van der Waals surface area contributed by atoms with Gasteiger partial charge in [-0.1, -0.05) is 60.3 Å². The SMILES string of the molecule is O=C(CCc1ccccc1)c1ccccc1[O-].[Na+]. The average molecular weight is 248 g/mol. The zero-order valence-electron chi connectivity index (χ0n) is 10.4. The van der Waals surface area contributed by atoms with Crippen LogP contribution < -0.4 is 34.7 Å². The van der Waals surface area contributed by atoms with Crippen LogP contribution in [-0.2, 0) is 6.42 Å². The molecule has 0 N–H and O–H groups in total. The van der Waals surface area contributed by atoms with Crippen LogP contribution in [0.25, 0.3) is 0 Å². The second-order valence-corrected chi connectivity index (χ2v) is 3.90. The third-order valence-electron chi connectivity index (χ3n) is 2.67. The summed E-state index contributed by atoms with van der Waals surface area (Å²) in [6.45, 7) is 0. The van der Waals surface area contributed by atoms with Crippen LogP contribution in [0.15, 0.2) is 54.6 Å². The molecule has 0 aliphatic carbocycles. The molecule has 0 radical (unpaired) electrons. The molecule has 3 heteroatoms. The van der Waals surface area contributed by atoms with Crippen molar-refractivity contribution in [3.63, 3.8) is 0 Å². The third-order valence-corrected chi connectivity index (χ3v) is 2.67. The molecule has 0 aliphatic rings. The van der Waals surface area contributed by atoms with Crippen molar-refractivity contribution in [2.45, 2.75) is 12.8 Å². The van der Waals surface area contributed by atoms with Gasteiger partial charge in [-0.05, 0) is 12.0 Å². The van der Waals surface area contributed by atoms with Crippen molar-refractivity contribution in [2.75, 3.05) is 0 Å². The van der Waals surface area contributed by atoms with E-state index < -0.39 is 0 Å². The van der Waals surface area contributed by atoms with Crippen LogP contribution in [0, 0.1) is 0 Å². The predicted molar refractivity (Wildman–Crippen MR) is 65.0 cm³/mol. The van der Waals surface area contributed by atoms with E-state index in [1.807, 2.05) is 30.3 Å². The molecule has 0 aliphatic heterocycles. The smallest absolute Gasteiger partial charge is 0.872 e. The fraction of sp³-hybridized carbons (Fsp3) is 0.133. The van der Waals surface area contributed by atoms with E-state index in [4.69, 9.17) is 0 Å². The van der Waals surface area contributed by atoms with Crippen molar-refractivity contribution >= 4 is 5.78 Å². The minimum Gasteiger partial charge on any atom is -0.872 e. The van der Waals surface area contributed by atoms with Gasteiger partial charge in [-0.15, -0.1) is 0 Å². The molecule has 0 fully saturated rings. The van der Waals surface area contributed by atoms with Crippen LogP contribution in [0.1, 0.15) is 22.3 Å². The second-order valence-electron chi connectivity index (χ2n) is 3.90. The summed E-state index contributed by atoms with van der Waals surface area (Å²) >= 11 is 0. The molecule has 0 heterocycles. The molecule has 0 bridgehead atoms. The van der Waals surface area contributed by atoms with Gasteiger partial charge >= 0.3 is 29.6 Å². The van der Waals surface area contributed by atoms with Crippen LogP contribution in [0.3, 0.4) is 0 Å². The molecule has 2 rings (SSSR count). The van der Waals surface area contributed by atoms with Gasteiger partial charge in [0, 0.05) is 12.0 Å². The molecule has 0 saturated heterocycles. The summed E-state index contributed by atoms with van der Waals surface area (Å²) < 4.78 is 0. The molecule has 0 amide bonds. The van der Waals surface area contributed by atoms with E-state index >= 15 is 0 Å². The Morgan fingerprint density at radius 2 is 1.56 bits per heavy atom. The van der Waals surface area contributed by atoms with Crippen molar-refractivity contribution in [1.29, 1.82) is 0 Å². The van der Waals surface area contributed by atoms with Crippen molar-refractivity contribution in [1.82, 2.24) is 0 Å². The van der Waals surface area contributed by atoms with E-state index in [9.17, 15) is 9.90 Å². The third kappa shape index (κ3) is 3.98. The summed E-state index contributed by atoms with van der Waals surface area (Å²) in [5.74, 6) is -0.273. The largest absolute Gasteiger partial charge is 1.00 e. The second kappa shape index (κ2) is 7.37. The van der Waals surface area contributed by atoms with Gasteiger partial charge < -0.3 is 5.11 Å². The standard InChI is InChI=1S/C15H14O2.Na/c16-14-9-5-4-8-13(14)15(17)11-10-12-6-2-1-3-7-12;/h1-9,16H,10-11H2;/q;+1/p-1. The van der Waals surface area contributed by atoms with Gasteiger partial charge in [-0.2, -0.15) is 0 Å². The van der Waals surface area contributed by atoms with Crippen LogP contribution in [-0.4, -0.2) is 5.78 Å². The number of aryl methyl sites for hydroxylation is 1. The van der Waals surface area contributed by atoms with E-state index in [2.05, 4.69) is 0 Å². The molecule has 86 valence electrons. The molecule has 0 atom stereocenters. The summed E-state index contributed by atoms with van der Waals surface area (Å²) in [4.78, 5) is 11.8. The van der Waals surface area contributed by atoms with Gasteiger partial charge in [-0.3, -0.25) is 4.79 Å². The molecular weight excluding hydrogens is 235 g/mol. The Labute approximate surface area is 129 Å². The Morgan fingerprint density at radius 1 is 0.944 bits per heavy atom. The van der Waals surface area contributed by atoms with Gasteiger partial charge in [0.2, 0.25) is 0 Å². The Bertz CT molecular complexity index is 509. The fourth-order valence-corrected chi connectivity index (χ4v) is 1.73. The number of ketones is 1. The first-order valence-corrected chi connectivity index (χ1v) is 5.60. The molecule has 0 unspecified atom stereocenters. The van der Waals surface area contributed by atoms with Gasteiger partial charge in [0.15, 0.2) is 5.78 Å². The summed E-state index contributed by atoms with van der Waals surface area (Å²) in [7, 11) is 0. The topological polar surface area (TPSA) is 40.1 Å². The molecule has 0 saturated carbocycles. The van der Waals surface area contributed by atoms with Gasteiger partial charge in [0.25, 0.3) is 0 Å². The van der Waals surface area contributed by atoms with Gasteiger partial charge in [-0.25, -0.2) is 0 Å². The molecule has 2 nitrogen and oxygen atoms in total. The van der Waals surface area contributed by atoms with E-state index in [-0.39, 0.29) is 41.1 Å². The van der Waals surface area contributed by atoms with Gasteiger partial charge in [0.05, 0.1) is 0 Å². The summed E-state index contributed by atoms with van der Waals surface area (Å²) in [5, 5.41) is 11.5. The maximum absolute atomic E-state index is 11.8. The van der Waals surface area contributed by atoms with Crippen LogP contribution in [0.2, 0.25) is 0 Å². The Morgan fingerprint density at radius 3 is 2.22 bits per heavy atom. The molecular formula is C15H13NaO2. The monoisotopic (exact) mass is 248 g/mol. The number of rotatable bonds is 4. The van der Waals surface area contributed by atoms with Crippen molar-refractivity contribution in [3.8, 4) is 5.75 Å². The van der Waals surface area contributed by atoms with Crippen LogP contribution >= 0.6 is 0 Å². The molecule has 18 heavy (non-hydrogen) atoms. The number of hydrogen-bond donors (Lipinski definition) is 0. The maximum Gasteiger partial charge on any atom is 1.00 e. The molecule has 0 spiro atoms. The van der Waals surface area contributed by atoms with Crippen molar-refractivity contribution < 1.29 is 39.5 Å². The summed E-state index contributed by atoms with van der Waals surface area (Å²) in [5.41, 5.74) is 1.41. The zero-order valence-corrected chi connectivity index (χ0v) is 12.4.